The Morgan fingerprint density at radius 2 is 2.25 bits per heavy atom. The minimum atomic E-state index is -0.258. The number of H-pyrrole nitrogens is 1. The minimum Gasteiger partial charge on any atom is -0.342 e. The monoisotopic (exact) mass is 284 g/mol. The molecule has 4 heteroatoms. The highest BCUT2D eigenvalue weighted by Crippen LogP contribution is 2.25. The van der Waals surface area contributed by atoms with Crippen molar-refractivity contribution in [1.29, 1.82) is 0 Å². The Morgan fingerprint density at radius 3 is 2.94 bits per heavy atom. The van der Waals surface area contributed by atoms with Crippen LogP contribution in [0, 0.1) is 5.82 Å². The van der Waals surface area contributed by atoms with Crippen molar-refractivity contribution >= 4 is 27.0 Å². The fourth-order valence-corrected chi connectivity index (χ4v) is 2.16. The summed E-state index contributed by atoms with van der Waals surface area (Å²) in [5, 5.41) is 0. The molecule has 0 aliphatic rings. The largest absolute Gasteiger partial charge is 0.342 e. The summed E-state index contributed by atoms with van der Waals surface area (Å²) in [4.78, 5) is 7.66. The molecule has 1 unspecified atom stereocenters. The molecule has 0 saturated heterocycles. The number of imidazole rings is 1. The van der Waals surface area contributed by atoms with Crippen LogP contribution in [0.3, 0.4) is 0 Å². The molecule has 0 amide bonds. The van der Waals surface area contributed by atoms with E-state index in [1.54, 1.807) is 6.07 Å². The minimum absolute atomic E-state index is 0.258. The van der Waals surface area contributed by atoms with Crippen LogP contribution in [0.2, 0.25) is 0 Å². The standard InChI is InChI=1S/C12H14BrFN2/c1-3-4-7(2)12-15-10-5-8(13)9(14)6-11(10)16-12/h5-7H,3-4H2,1-2H3,(H,15,16). The number of fused-ring (bicyclic) bond motifs is 1. The number of rotatable bonds is 3. The van der Waals surface area contributed by atoms with E-state index in [-0.39, 0.29) is 5.82 Å². The first kappa shape index (κ1) is 11.6. The fourth-order valence-electron chi connectivity index (χ4n) is 1.83. The van der Waals surface area contributed by atoms with Crippen molar-refractivity contribution in [3.63, 3.8) is 0 Å². The molecule has 0 saturated carbocycles. The van der Waals surface area contributed by atoms with Gasteiger partial charge in [0, 0.05) is 12.0 Å². The zero-order chi connectivity index (χ0) is 11.7. The van der Waals surface area contributed by atoms with Gasteiger partial charge in [-0.15, -0.1) is 0 Å². The summed E-state index contributed by atoms with van der Waals surface area (Å²) in [6.45, 7) is 4.28. The van der Waals surface area contributed by atoms with Crippen molar-refractivity contribution in [1.82, 2.24) is 9.97 Å². The molecule has 0 radical (unpaired) electrons. The van der Waals surface area contributed by atoms with E-state index in [1.165, 1.54) is 6.07 Å². The maximum absolute atomic E-state index is 13.3. The lowest BCUT2D eigenvalue weighted by Gasteiger charge is -2.04. The summed E-state index contributed by atoms with van der Waals surface area (Å²) in [6.07, 6.45) is 2.21. The molecule has 86 valence electrons. The lowest BCUT2D eigenvalue weighted by Crippen LogP contribution is -1.94. The van der Waals surface area contributed by atoms with E-state index >= 15 is 0 Å². The van der Waals surface area contributed by atoms with Gasteiger partial charge in [-0.05, 0) is 28.4 Å². The lowest BCUT2D eigenvalue weighted by atomic mass is 10.1. The van der Waals surface area contributed by atoms with Gasteiger partial charge in [-0.1, -0.05) is 20.3 Å². The molecule has 1 N–H and O–H groups in total. The molecule has 2 nitrogen and oxygen atoms in total. The molecule has 0 bridgehead atoms. The second kappa shape index (κ2) is 4.53. The molecule has 1 heterocycles. The Balaban J connectivity index is 2.43. The van der Waals surface area contributed by atoms with Crippen LogP contribution in [0.25, 0.3) is 11.0 Å². The van der Waals surface area contributed by atoms with Crippen LogP contribution in [-0.4, -0.2) is 9.97 Å². The van der Waals surface area contributed by atoms with E-state index in [1.807, 2.05) is 0 Å². The van der Waals surface area contributed by atoms with Crippen molar-refractivity contribution in [3.05, 3.63) is 28.2 Å². The Kier molecular flexibility index (Phi) is 3.28. The van der Waals surface area contributed by atoms with Crippen molar-refractivity contribution in [2.24, 2.45) is 0 Å². The number of nitrogens with one attached hydrogen (secondary N) is 1. The van der Waals surface area contributed by atoms with Gasteiger partial charge in [0.05, 0.1) is 15.5 Å². The predicted octanol–water partition coefficient (Wildman–Crippen LogP) is 4.37. The van der Waals surface area contributed by atoms with Gasteiger partial charge in [-0.25, -0.2) is 9.37 Å². The molecular formula is C12H14BrFN2. The van der Waals surface area contributed by atoms with E-state index in [4.69, 9.17) is 0 Å². The zero-order valence-electron chi connectivity index (χ0n) is 9.35. The summed E-state index contributed by atoms with van der Waals surface area (Å²) in [5.41, 5.74) is 1.57. The highest BCUT2D eigenvalue weighted by atomic mass is 79.9. The van der Waals surface area contributed by atoms with E-state index in [2.05, 4.69) is 39.7 Å². The second-order valence-electron chi connectivity index (χ2n) is 4.10. The molecular weight excluding hydrogens is 271 g/mol. The van der Waals surface area contributed by atoms with E-state index < -0.39 is 0 Å². The SMILES string of the molecule is CCCC(C)c1nc2cc(Br)c(F)cc2[nH]1. The summed E-state index contributed by atoms with van der Waals surface area (Å²) < 4.78 is 13.8. The van der Waals surface area contributed by atoms with Gasteiger partial charge in [-0.2, -0.15) is 0 Å². The smallest absolute Gasteiger partial charge is 0.139 e. The Bertz CT molecular complexity index is 468. The van der Waals surface area contributed by atoms with Crippen LogP contribution in [0.5, 0.6) is 0 Å². The third-order valence-corrected chi connectivity index (χ3v) is 3.34. The van der Waals surface area contributed by atoms with Crippen LogP contribution in [0.4, 0.5) is 4.39 Å². The maximum atomic E-state index is 13.3. The molecule has 0 spiro atoms. The first-order valence-electron chi connectivity index (χ1n) is 5.46. The van der Waals surface area contributed by atoms with Gasteiger partial charge in [-0.3, -0.25) is 0 Å². The normalized spacial score (nSPS) is 13.2. The maximum Gasteiger partial charge on any atom is 0.139 e. The van der Waals surface area contributed by atoms with E-state index in [0.29, 0.717) is 10.4 Å². The van der Waals surface area contributed by atoms with Crippen LogP contribution >= 0.6 is 15.9 Å². The quantitative estimate of drug-likeness (QED) is 0.891. The van der Waals surface area contributed by atoms with Gasteiger partial charge in [0.1, 0.15) is 11.6 Å². The lowest BCUT2D eigenvalue weighted by molar-refractivity contribution is 0.622. The number of hydrogen-bond donors (Lipinski definition) is 1. The third kappa shape index (κ3) is 2.12. The first-order chi connectivity index (χ1) is 7.61. The fraction of sp³-hybridized carbons (Fsp3) is 0.417. The highest BCUT2D eigenvalue weighted by Gasteiger charge is 2.11. The van der Waals surface area contributed by atoms with Crippen molar-refractivity contribution in [2.75, 3.05) is 0 Å². The average Bonchev–Trinajstić information content (AvgIpc) is 2.62. The highest BCUT2D eigenvalue weighted by molar-refractivity contribution is 9.10. The van der Waals surface area contributed by atoms with Gasteiger partial charge < -0.3 is 4.98 Å². The number of benzene rings is 1. The van der Waals surface area contributed by atoms with E-state index in [0.717, 1.165) is 29.7 Å². The predicted molar refractivity (Wildman–Crippen MR) is 67.1 cm³/mol. The molecule has 1 aromatic carbocycles. The molecule has 0 aliphatic carbocycles. The molecule has 2 rings (SSSR count). The average molecular weight is 285 g/mol. The summed E-state index contributed by atoms with van der Waals surface area (Å²) in [7, 11) is 0. The summed E-state index contributed by atoms with van der Waals surface area (Å²) >= 11 is 3.16. The molecule has 1 atom stereocenters. The molecule has 16 heavy (non-hydrogen) atoms. The second-order valence-corrected chi connectivity index (χ2v) is 4.95. The van der Waals surface area contributed by atoms with Crippen LogP contribution < -0.4 is 0 Å². The first-order valence-corrected chi connectivity index (χ1v) is 6.25. The molecule has 0 aliphatic heterocycles. The van der Waals surface area contributed by atoms with Crippen LogP contribution in [-0.2, 0) is 0 Å². The van der Waals surface area contributed by atoms with Gasteiger partial charge in [0.25, 0.3) is 0 Å². The van der Waals surface area contributed by atoms with Crippen LogP contribution in [0.15, 0.2) is 16.6 Å². The Morgan fingerprint density at radius 1 is 1.50 bits per heavy atom. The molecule has 0 fully saturated rings. The number of halogens is 2. The molecule has 1 aromatic heterocycles. The molecule has 2 aromatic rings. The number of aromatic nitrogens is 2. The van der Waals surface area contributed by atoms with Crippen molar-refractivity contribution in [2.45, 2.75) is 32.6 Å². The Hall–Kier alpha value is -0.900. The van der Waals surface area contributed by atoms with Crippen molar-refractivity contribution in [3.8, 4) is 0 Å². The number of hydrogen-bond acceptors (Lipinski definition) is 1. The van der Waals surface area contributed by atoms with E-state index in [9.17, 15) is 4.39 Å². The van der Waals surface area contributed by atoms with Gasteiger partial charge in [0.2, 0.25) is 0 Å². The summed E-state index contributed by atoms with van der Waals surface area (Å²) in [5.74, 6) is 1.07. The Labute approximate surface area is 102 Å². The third-order valence-electron chi connectivity index (χ3n) is 2.73. The summed E-state index contributed by atoms with van der Waals surface area (Å²) in [6, 6.07) is 3.19. The topological polar surface area (TPSA) is 28.7 Å². The zero-order valence-corrected chi connectivity index (χ0v) is 10.9. The number of nitrogens with zero attached hydrogens (tertiary/aromatic N) is 1. The van der Waals surface area contributed by atoms with Crippen LogP contribution in [0.1, 0.15) is 38.4 Å². The van der Waals surface area contributed by atoms with Gasteiger partial charge >= 0.3 is 0 Å². The number of aromatic amines is 1. The van der Waals surface area contributed by atoms with Crippen molar-refractivity contribution < 1.29 is 4.39 Å². The van der Waals surface area contributed by atoms with Gasteiger partial charge in [0.15, 0.2) is 0 Å².